The molecular formula is C19H19BrN2O. The molecule has 4 heteroatoms. The van der Waals surface area contributed by atoms with Gasteiger partial charge in [-0.25, -0.2) is 0 Å². The Bertz CT molecular complexity index is 730. The van der Waals surface area contributed by atoms with Crippen molar-refractivity contribution in [2.75, 3.05) is 18.0 Å². The van der Waals surface area contributed by atoms with Crippen LogP contribution in [0.3, 0.4) is 0 Å². The summed E-state index contributed by atoms with van der Waals surface area (Å²) in [5.41, 5.74) is 4.04. The molecule has 0 aromatic heterocycles. The highest BCUT2D eigenvalue weighted by Gasteiger charge is 2.23. The Hall–Kier alpha value is -1.83. The van der Waals surface area contributed by atoms with Gasteiger partial charge in [0.05, 0.1) is 17.9 Å². The summed E-state index contributed by atoms with van der Waals surface area (Å²) in [5, 5.41) is 18.9. The highest BCUT2D eigenvalue weighted by molar-refractivity contribution is 9.10. The van der Waals surface area contributed by atoms with Crippen molar-refractivity contribution in [3.8, 4) is 6.07 Å². The molecule has 1 fully saturated rings. The predicted octanol–water partition coefficient (Wildman–Crippen LogP) is 4.20. The number of benzene rings is 2. The number of rotatable bonds is 3. The van der Waals surface area contributed by atoms with E-state index >= 15 is 0 Å². The van der Waals surface area contributed by atoms with E-state index in [0.29, 0.717) is 11.5 Å². The van der Waals surface area contributed by atoms with Gasteiger partial charge in [-0.3, -0.25) is 0 Å². The topological polar surface area (TPSA) is 47.3 Å². The van der Waals surface area contributed by atoms with Gasteiger partial charge >= 0.3 is 0 Å². The number of hydrogen-bond donors (Lipinski definition) is 1. The molecule has 1 heterocycles. The van der Waals surface area contributed by atoms with Crippen molar-refractivity contribution >= 4 is 21.6 Å². The molecular weight excluding hydrogens is 352 g/mol. The molecule has 0 saturated carbocycles. The van der Waals surface area contributed by atoms with E-state index in [1.54, 1.807) is 0 Å². The maximum atomic E-state index is 9.52. The molecule has 0 unspecified atom stereocenters. The zero-order valence-corrected chi connectivity index (χ0v) is 14.5. The predicted molar refractivity (Wildman–Crippen MR) is 95.4 cm³/mol. The third kappa shape index (κ3) is 3.41. The van der Waals surface area contributed by atoms with Crippen LogP contribution in [0, 0.1) is 11.3 Å². The first-order chi connectivity index (χ1) is 11.2. The van der Waals surface area contributed by atoms with Crippen molar-refractivity contribution in [2.24, 2.45) is 0 Å². The maximum Gasteiger partial charge on any atom is 0.101 e. The summed E-state index contributed by atoms with van der Waals surface area (Å²) in [6.07, 6.45) is 2.08. The highest BCUT2D eigenvalue weighted by atomic mass is 79.9. The van der Waals surface area contributed by atoms with Crippen molar-refractivity contribution < 1.29 is 5.11 Å². The molecule has 0 aliphatic carbocycles. The molecule has 0 atom stereocenters. The molecule has 1 N–H and O–H groups in total. The Morgan fingerprint density at radius 2 is 1.91 bits per heavy atom. The van der Waals surface area contributed by atoms with Crippen molar-refractivity contribution in [3.63, 3.8) is 0 Å². The highest BCUT2D eigenvalue weighted by Crippen LogP contribution is 2.34. The smallest absolute Gasteiger partial charge is 0.101 e. The molecule has 23 heavy (non-hydrogen) atoms. The van der Waals surface area contributed by atoms with Crippen LogP contribution in [0.4, 0.5) is 5.69 Å². The average Bonchev–Trinajstić information content (AvgIpc) is 2.61. The Balaban J connectivity index is 1.75. The van der Waals surface area contributed by atoms with Gasteiger partial charge in [-0.05, 0) is 48.1 Å². The molecule has 0 spiro atoms. The standard InChI is InChI=1S/C19H19BrN2O/c20-17-5-6-19(16(11-17)12-21)22-9-7-14(8-10-22)18-4-2-1-3-15(18)13-23/h1-6,11,14,23H,7-10,13H2. The van der Waals surface area contributed by atoms with E-state index in [2.05, 4.69) is 33.0 Å². The van der Waals surface area contributed by atoms with Gasteiger partial charge in [0, 0.05) is 17.6 Å². The lowest BCUT2D eigenvalue weighted by Crippen LogP contribution is -2.33. The van der Waals surface area contributed by atoms with Crippen molar-refractivity contribution in [1.82, 2.24) is 0 Å². The molecule has 1 saturated heterocycles. The second-order valence-corrected chi connectivity index (χ2v) is 6.81. The summed E-state index contributed by atoms with van der Waals surface area (Å²) < 4.78 is 0.935. The third-order valence-electron chi connectivity index (χ3n) is 4.58. The van der Waals surface area contributed by atoms with E-state index in [0.717, 1.165) is 41.7 Å². The maximum absolute atomic E-state index is 9.52. The third-order valence-corrected chi connectivity index (χ3v) is 5.07. The molecule has 2 aromatic carbocycles. The molecule has 3 rings (SSSR count). The molecule has 118 valence electrons. The molecule has 0 amide bonds. The lowest BCUT2D eigenvalue weighted by atomic mass is 9.86. The van der Waals surface area contributed by atoms with Gasteiger partial charge in [-0.2, -0.15) is 5.26 Å². The number of aliphatic hydroxyl groups excluding tert-OH is 1. The Kier molecular flexibility index (Phi) is 5.00. The lowest BCUT2D eigenvalue weighted by molar-refractivity contribution is 0.279. The molecule has 2 aromatic rings. The Labute approximate surface area is 145 Å². The van der Waals surface area contributed by atoms with E-state index in [9.17, 15) is 10.4 Å². The quantitative estimate of drug-likeness (QED) is 0.880. The molecule has 1 aliphatic rings. The minimum atomic E-state index is 0.0989. The van der Waals surface area contributed by atoms with Crippen LogP contribution in [0.25, 0.3) is 0 Å². The average molecular weight is 371 g/mol. The van der Waals surface area contributed by atoms with Crippen LogP contribution in [0.1, 0.15) is 35.4 Å². The summed E-state index contributed by atoms with van der Waals surface area (Å²) in [6, 6.07) is 16.3. The van der Waals surface area contributed by atoms with Crippen molar-refractivity contribution in [3.05, 3.63) is 63.6 Å². The van der Waals surface area contributed by atoms with Crippen LogP contribution in [0.15, 0.2) is 46.9 Å². The fourth-order valence-electron chi connectivity index (χ4n) is 3.38. The minimum absolute atomic E-state index is 0.0989. The van der Waals surface area contributed by atoms with Gasteiger partial charge in [-0.1, -0.05) is 40.2 Å². The van der Waals surface area contributed by atoms with Gasteiger partial charge in [-0.15, -0.1) is 0 Å². The van der Waals surface area contributed by atoms with Crippen LogP contribution in [0.2, 0.25) is 0 Å². The first-order valence-corrected chi connectivity index (χ1v) is 8.65. The SMILES string of the molecule is N#Cc1cc(Br)ccc1N1CCC(c2ccccc2CO)CC1. The number of nitriles is 1. The van der Waals surface area contributed by atoms with Crippen LogP contribution in [-0.2, 0) is 6.61 Å². The van der Waals surface area contributed by atoms with Crippen LogP contribution >= 0.6 is 15.9 Å². The zero-order valence-electron chi connectivity index (χ0n) is 12.9. The number of anilines is 1. The Morgan fingerprint density at radius 3 is 2.61 bits per heavy atom. The summed E-state index contributed by atoms with van der Waals surface area (Å²) in [7, 11) is 0. The normalized spacial score (nSPS) is 15.4. The van der Waals surface area contributed by atoms with Gasteiger partial charge < -0.3 is 10.0 Å². The number of piperidine rings is 1. The molecule has 3 nitrogen and oxygen atoms in total. The number of nitrogens with zero attached hydrogens (tertiary/aromatic N) is 2. The summed E-state index contributed by atoms with van der Waals surface area (Å²) >= 11 is 3.42. The summed E-state index contributed by atoms with van der Waals surface area (Å²) in [4.78, 5) is 2.29. The monoisotopic (exact) mass is 370 g/mol. The van der Waals surface area contributed by atoms with Gasteiger partial charge in [0.2, 0.25) is 0 Å². The van der Waals surface area contributed by atoms with E-state index in [1.807, 2.05) is 36.4 Å². The second-order valence-electron chi connectivity index (χ2n) is 5.89. The van der Waals surface area contributed by atoms with Gasteiger partial charge in [0.25, 0.3) is 0 Å². The van der Waals surface area contributed by atoms with Crippen LogP contribution in [0.5, 0.6) is 0 Å². The summed E-state index contributed by atoms with van der Waals surface area (Å²) in [5.74, 6) is 0.482. The molecule has 0 radical (unpaired) electrons. The summed E-state index contributed by atoms with van der Waals surface area (Å²) in [6.45, 7) is 1.96. The largest absolute Gasteiger partial charge is 0.392 e. The van der Waals surface area contributed by atoms with Gasteiger partial charge in [0.1, 0.15) is 6.07 Å². The van der Waals surface area contributed by atoms with Crippen LogP contribution < -0.4 is 4.90 Å². The fourth-order valence-corrected chi connectivity index (χ4v) is 3.74. The Morgan fingerprint density at radius 1 is 1.17 bits per heavy atom. The first-order valence-electron chi connectivity index (χ1n) is 7.86. The molecule has 1 aliphatic heterocycles. The second kappa shape index (κ2) is 7.16. The van der Waals surface area contributed by atoms with Crippen LogP contribution in [-0.4, -0.2) is 18.2 Å². The zero-order chi connectivity index (χ0) is 16.2. The van der Waals surface area contributed by atoms with E-state index in [-0.39, 0.29) is 6.61 Å². The van der Waals surface area contributed by atoms with Crippen molar-refractivity contribution in [1.29, 1.82) is 5.26 Å². The number of aliphatic hydroxyl groups is 1. The minimum Gasteiger partial charge on any atom is -0.392 e. The van der Waals surface area contributed by atoms with Gasteiger partial charge in [0.15, 0.2) is 0 Å². The van der Waals surface area contributed by atoms with E-state index in [4.69, 9.17) is 0 Å². The number of halogens is 1. The number of hydrogen-bond acceptors (Lipinski definition) is 3. The first kappa shape index (κ1) is 16.0. The van der Waals surface area contributed by atoms with Crippen molar-refractivity contribution in [2.45, 2.75) is 25.4 Å². The van der Waals surface area contributed by atoms with E-state index in [1.165, 1.54) is 5.56 Å². The lowest BCUT2D eigenvalue weighted by Gasteiger charge is -2.35. The molecule has 0 bridgehead atoms. The van der Waals surface area contributed by atoms with E-state index < -0.39 is 0 Å². The fraction of sp³-hybridized carbons (Fsp3) is 0.316.